The average Bonchev–Trinajstić information content (AvgIpc) is 3.28. The van der Waals surface area contributed by atoms with Crippen molar-refractivity contribution in [3.8, 4) is 0 Å². The third-order valence-electron chi connectivity index (χ3n) is 7.80. The summed E-state index contributed by atoms with van der Waals surface area (Å²) in [5, 5.41) is 36.7. The smallest absolute Gasteiger partial charge is 0.359 e. The van der Waals surface area contributed by atoms with Gasteiger partial charge in [-0.1, -0.05) is 6.42 Å². The van der Waals surface area contributed by atoms with E-state index in [0.29, 0.717) is 28.3 Å². The summed E-state index contributed by atoms with van der Waals surface area (Å²) in [4.78, 5) is 27.5. The van der Waals surface area contributed by atoms with Crippen molar-refractivity contribution in [3.05, 3.63) is 11.5 Å². The molecule has 1 aliphatic heterocycles. The monoisotopic (exact) mass is 533 g/mol. The van der Waals surface area contributed by atoms with Gasteiger partial charge in [0.05, 0.1) is 24.8 Å². The van der Waals surface area contributed by atoms with Crippen LogP contribution in [0.1, 0.15) is 45.3 Å². The van der Waals surface area contributed by atoms with Crippen molar-refractivity contribution in [2.45, 2.75) is 75.0 Å². The summed E-state index contributed by atoms with van der Waals surface area (Å²) < 4.78 is 24.0. The molecule has 0 aromatic carbocycles. The predicted octanol–water partition coefficient (Wildman–Crippen LogP) is 0.746. The fourth-order valence-corrected chi connectivity index (χ4v) is 5.66. The van der Waals surface area contributed by atoms with Crippen LogP contribution < -0.4 is 5.32 Å². The van der Waals surface area contributed by atoms with E-state index in [1.165, 1.54) is 36.6 Å². The van der Waals surface area contributed by atoms with Crippen molar-refractivity contribution in [3.63, 3.8) is 0 Å². The molecule has 2 aromatic heterocycles. The summed E-state index contributed by atoms with van der Waals surface area (Å²) in [6, 6.07) is 0.292. The lowest BCUT2D eigenvalue weighted by Crippen LogP contribution is -2.53. The van der Waals surface area contributed by atoms with Crippen molar-refractivity contribution in [1.82, 2.24) is 19.7 Å². The second kappa shape index (κ2) is 8.86. The second-order valence-electron chi connectivity index (χ2n) is 9.85. The molecule has 0 bridgehead atoms. The Morgan fingerprint density at radius 2 is 2.06 bits per heavy atom. The quantitative estimate of drug-likeness (QED) is 0.206. The molecular weight excluding hydrogens is 505 g/mol. The van der Waals surface area contributed by atoms with Crippen molar-refractivity contribution >= 4 is 36.0 Å². The molecule has 2 aliphatic carbocycles. The third-order valence-corrected chi connectivity index (χ3v) is 9.48. The highest BCUT2D eigenvalue weighted by Gasteiger charge is 2.51. The molecule has 2 aromatic rings. The average molecular weight is 534 g/mol. The largest absolute Gasteiger partial charge is 0.393 e. The number of rotatable bonds is 8. The molecule has 3 fully saturated rings. The molecule has 1 saturated heterocycles. The lowest BCUT2D eigenvalue weighted by atomic mass is 9.53. The van der Waals surface area contributed by atoms with Crippen LogP contribution in [0.5, 0.6) is 0 Å². The molecule has 0 amide bonds. The van der Waals surface area contributed by atoms with Crippen LogP contribution in [0, 0.1) is 5.41 Å². The Morgan fingerprint density at radius 1 is 1.31 bits per heavy atom. The first-order valence-corrected chi connectivity index (χ1v) is 13.5. The first kappa shape index (κ1) is 25.2. The van der Waals surface area contributed by atoms with Crippen LogP contribution in [0.15, 0.2) is 6.20 Å². The molecule has 194 valence electrons. The number of aromatic nitrogens is 4. The second-order valence-corrected chi connectivity index (χ2v) is 12.2. The number of aliphatic hydroxyl groups is 3. The summed E-state index contributed by atoms with van der Waals surface area (Å²) in [7, 11) is -4.83. The van der Waals surface area contributed by atoms with Gasteiger partial charge >= 0.3 is 7.60 Å². The topological polar surface area (TPSA) is 192 Å². The Kier molecular flexibility index (Phi) is 6.39. The Labute approximate surface area is 205 Å². The van der Waals surface area contributed by atoms with Gasteiger partial charge in [-0.25, -0.2) is 4.68 Å². The molecule has 3 heterocycles. The first-order valence-electron chi connectivity index (χ1n) is 11.5. The SMILES string of the molecule is CC(CO)(OC[C@H]1O[C@@H](n2ncc3c(N[C@@H]4CCC45CCC5)nc(Cl)nc32)[C@H](O)[C@@H]1O)P(=O)(O)O. The maximum absolute atomic E-state index is 11.7. The van der Waals surface area contributed by atoms with Gasteiger partial charge in [-0.05, 0) is 49.6 Å². The van der Waals surface area contributed by atoms with E-state index in [1.807, 2.05) is 0 Å². The summed E-state index contributed by atoms with van der Waals surface area (Å²) in [6.07, 6.45) is 2.12. The first-order chi connectivity index (χ1) is 16.5. The molecule has 2 saturated carbocycles. The number of ether oxygens (including phenoxy) is 2. The van der Waals surface area contributed by atoms with Crippen molar-refractivity contribution in [2.24, 2.45) is 5.41 Å². The van der Waals surface area contributed by atoms with Crippen LogP contribution in [-0.4, -0.2) is 87.8 Å². The number of halogens is 1. The Morgan fingerprint density at radius 3 is 2.63 bits per heavy atom. The number of anilines is 1. The molecule has 5 rings (SSSR count). The third kappa shape index (κ3) is 4.16. The fourth-order valence-electron chi connectivity index (χ4n) is 5.06. The van der Waals surface area contributed by atoms with Crippen LogP contribution in [0.3, 0.4) is 0 Å². The van der Waals surface area contributed by atoms with Crippen LogP contribution in [0.4, 0.5) is 5.82 Å². The number of aliphatic hydroxyl groups excluding tert-OH is 3. The highest BCUT2D eigenvalue weighted by molar-refractivity contribution is 7.53. The number of nitrogens with zero attached hydrogens (tertiary/aromatic N) is 4. The van der Waals surface area contributed by atoms with E-state index in [0.717, 1.165) is 13.3 Å². The molecular formula is C20H29ClN5O8P. The number of hydrogen-bond acceptors (Lipinski definition) is 10. The molecule has 6 N–H and O–H groups in total. The minimum absolute atomic E-state index is 0.0167. The Hall–Kier alpha value is -1.41. The highest BCUT2D eigenvalue weighted by Crippen LogP contribution is 2.57. The molecule has 13 nitrogen and oxygen atoms in total. The molecule has 1 unspecified atom stereocenters. The summed E-state index contributed by atoms with van der Waals surface area (Å²) in [5.41, 5.74) is 0.612. The van der Waals surface area contributed by atoms with Gasteiger partial charge in [-0.3, -0.25) is 4.57 Å². The lowest BCUT2D eigenvalue weighted by molar-refractivity contribution is -0.104. The highest BCUT2D eigenvalue weighted by atomic mass is 35.5. The van der Waals surface area contributed by atoms with Gasteiger partial charge in [0, 0.05) is 6.04 Å². The van der Waals surface area contributed by atoms with Crippen LogP contribution in [-0.2, 0) is 14.0 Å². The predicted molar refractivity (Wildman–Crippen MR) is 123 cm³/mol. The lowest BCUT2D eigenvalue weighted by Gasteiger charge is -2.56. The van der Waals surface area contributed by atoms with Gasteiger partial charge < -0.3 is 39.9 Å². The molecule has 1 spiro atoms. The number of nitrogens with one attached hydrogen (secondary N) is 1. The van der Waals surface area contributed by atoms with E-state index < -0.39 is 50.7 Å². The van der Waals surface area contributed by atoms with Crippen LogP contribution >= 0.6 is 19.2 Å². The number of hydrogen-bond donors (Lipinski definition) is 6. The molecule has 35 heavy (non-hydrogen) atoms. The van der Waals surface area contributed by atoms with Crippen molar-refractivity contribution in [2.75, 3.05) is 18.5 Å². The van der Waals surface area contributed by atoms with Crippen LogP contribution in [0.25, 0.3) is 11.0 Å². The van der Waals surface area contributed by atoms with E-state index in [4.69, 9.17) is 21.1 Å². The molecule has 0 radical (unpaired) electrons. The minimum atomic E-state index is -4.83. The zero-order valence-corrected chi connectivity index (χ0v) is 20.6. The fraction of sp³-hybridized carbons (Fsp3) is 0.750. The van der Waals surface area contributed by atoms with E-state index in [1.54, 1.807) is 0 Å². The van der Waals surface area contributed by atoms with Gasteiger partial charge in [-0.2, -0.15) is 15.1 Å². The minimum Gasteiger partial charge on any atom is -0.393 e. The Balaban J connectivity index is 1.36. The van der Waals surface area contributed by atoms with E-state index >= 15 is 0 Å². The van der Waals surface area contributed by atoms with Gasteiger partial charge in [0.1, 0.15) is 24.1 Å². The molecule has 6 atom stereocenters. The standard InChI is InChI=1S/C20H29ClN5O8P/c1-19(9-27,35(30,31)32)33-8-11-13(28)14(29)17(34-11)26-16-10(7-22-26)15(24-18(21)25-16)23-12-3-6-20(12)4-2-5-20/h7,11-14,17,27-29H,2-6,8-9H2,1H3,(H,23,24,25)(H2,30,31,32)/t11-,12-,13-,14-,17-,19?/m1/s1. The zero-order valence-electron chi connectivity index (χ0n) is 19.0. The maximum atomic E-state index is 11.7. The maximum Gasteiger partial charge on any atom is 0.359 e. The summed E-state index contributed by atoms with van der Waals surface area (Å²) in [5.74, 6) is 0.538. The van der Waals surface area contributed by atoms with Gasteiger partial charge in [0.25, 0.3) is 0 Å². The normalized spacial score (nSPS) is 31.8. The zero-order chi connectivity index (χ0) is 25.2. The van der Waals surface area contributed by atoms with E-state index in [9.17, 15) is 29.7 Å². The van der Waals surface area contributed by atoms with Crippen molar-refractivity contribution < 1.29 is 39.1 Å². The Bertz CT molecular complexity index is 1150. The van der Waals surface area contributed by atoms with Gasteiger partial charge in [0.15, 0.2) is 17.2 Å². The molecule has 15 heteroatoms. The van der Waals surface area contributed by atoms with Crippen molar-refractivity contribution in [1.29, 1.82) is 0 Å². The van der Waals surface area contributed by atoms with Gasteiger partial charge in [0.2, 0.25) is 5.28 Å². The van der Waals surface area contributed by atoms with E-state index in [2.05, 4.69) is 20.4 Å². The number of fused-ring (bicyclic) bond motifs is 1. The summed E-state index contributed by atoms with van der Waals surface area (Å²) >= 11 is 6.20. The molecule has 3 aliphatic rings. The summed E-state index contributed by atoms with van der Waals surface area (Å²) in [6.45, 7) is -0.404. The van der Waals surface area contributed by atoms with E-state index in [-0.39, 0.29) is 5.28 Å². The van der Waals surface area contributed by atoms with Gasteiger partial charge in [-0.15, -0.1) is 0 Å². The van der Waals surface area contributed by atoms with Crippen LogP contribution in [0.2, 0.25) is 5.28 Å².